The number of hydrogen-bond acceptors (Lipinski definition) is 3. The van der Waals surface area contributed by atoms with Gasteiger partial charge >= 0.3 is 0 Å². The highest BCUT2D eigenvalue weighted by molar-refractivity contribution is 5.92. The van der Waals surface area contributed by atoms with E-state index in [2.05, 4.69) is 4.98 Å². The first-order valence-corrected chi connectivity index (χ1v) is 7.37. The molecule has 110 valence electrons. The number of nitrogens with two attached hydrogens (primary N) is 1. The maximum atomic E-state index is 12.6. The molecule has 0 aliphatic heterocycles. The van der Waals surface area contributed by atoms with Crippen molar-refractivity contribution in [2.45, 2.75) is 38.6 Å². The Bertz CT molecular complexity index is 512. The van der Waals surface area contributed by atoms with Crippen molar-refractivity contribution in [1.29, 1.82) is 0 Å². The van der Waals surface area contributed by atoms with Gasteiger partial charge in [-0.1, -0.05) is 18.9 Å². The normalized spacial score (nSPS) is 22.5. The van der Waals surface area contributed by atoms with Crippen LogP contribution in [-0.4, -0.2) is 34.9 Å². The molecule has 0 bridgehead atoms. The highest BCUT2D eigenvalue weighted by Gasteiger charge is 2.31. The van der Waals surface area contributed by atoms with Gasteiger partial charge in [-0.15, -0.1) is 0 Å². The van der Waals surface area contributed by atoms with Gasteiger partial charge in [-0.05, 0) is 38.3 Å². The average Bonchev–Trinajstić information content (AvgIpc) is 2.48. The van der Waals surface area contributed by atoms with Crippen LogP contribution in [-0.2, 0) is 0 Å². The molecule has 1 heterocycles. The van der Waals surface area contributed by atoms with Crippen LogP contribution < -0.4 is 11.3 Å². The Balaban J connectivity index is 2.22. The van der Waals surface area contributed by atoms with E-state index < -0.39 is 0 Å². The Hall–Kier alpha value is -1.62. The maximum absolute atomic E-state index is 12.6. The molecule has 3 N–H and O–H groups in total. The largest absolute Gasteiger partial charge is 0.334 e. The summed E-state index contributed by atoms with van der Waals surface area (Å²) in [6.45, 7) is 3.22. The van der Waals surface area contributed by atoms with Crippen LogP contribution >= 0.6 is 0 Å². The minimum Gasteiger partial charge on any atom is -0.334 e. The number of hydrogen-bond donors (Lipinski definition) is 2. The van der Waals surface area contributed by atoms with Crippen LogP contribution in [0.4, 0.5) is 0 Å². The summed E-state index contributed by atoms with van der Waals surface area (Å²) >= 11 is 0. The Labute approximate surface area is 119 Å². The molecule has 2 rings (SSSR count). The van der Waals surface area contributed by atoms with E-state index in [1.165, 1.54) is 12.5 Å². The van der Waals surface area contributed by atoms with E-state index in [0.717, 1.165) is 19.3 Å². The molecule has 5 heteroatoms. The van der Waals surface area contributed by atoms with Crippen molar-refractivity contribution in [1.82, 2.24) is 9.88 Å². The minimum atomic E-state index is -0.245. The van der Waals surface area contributed by atoms with E-state index in [0.29, 0.717) is 24.7 Å². The van der Waals surface area contributed by atoms with Crippen molar-refractivity contribution in [2.24, 2.45) is 11.7 Å². The van der Waals surface area contributed by atoms with E-state index in [1.54, 1.807) is 12.1 Å². The van der Waals surface area contributed by atoms with Crippen LogP contribution in [0.2, 0.25) is 0 Å². The molecule has 2 atom stereocenters. The monoisotopic (exact) mass is 277 g/mol. The van der Waals surface area contributed by atoms with Crippen molar-refractivity contribution < 1.29 is 4.79 Å². The van der Waals surface area contributed by atoms with Gasteiger partial charge in [0.25, 0.3) is 5.91 Å². The summed E-state index contributed by atoms with van der Waals surface area (Å²) < 4.78 is 0. The molecule has 1 aromatic rings. The molecule has 5 nitrogen and oxygen atoms in total. The third-order valence-corrected chi connectivity index (χ3v) is 4.17. The number of amides is 1. The summed E-state index contributed by atoms with van der Waals surface area (Å²) in [5.74, 6) is 0.263. The van der Waals surface area contributed by atoms with Crippen molar-refractivity contribution in [2.75, 3.05) is 13.1 Å². The first-order chi connectivity index (χ1) is 9.67. The van der Waals surface area contributed by atoms with E-state index >= 15 is 0 Å². The molecule has 1 fully saturated rings. The average molecular weight is 277 g/mol. The van der Waals surface area contributed by atoms with Crippen LogP contribution in [0.15, 0.2) is 23.0 Å². The number of aromatic amines is 1. The highest BCUT2D eigenvalue weighted by atomic mass is 16.2. The summed E-state index contributed by atoms with van der Waals surface area (Å²) in [5.41, 5.74) is 5.97. The molecule has 1 aliphatic carbocycles. The van der Waals surface area contributed by atoms with Gasteiger partial charge in [-0.25, -0.2) is 0 Å². The third-order valence-electron chi connectivity index (χ3n) is 4.17. The number of rotatable bonds is 4. The second kappa shape index (κ2) is 6.70. The second-order valence-corrected chi connectivity index (χ2v) is 5.37. The first-order valence-electron chi connectivity index (χ1n) is 7.37. The minimum absolute atomic E-state index is 0.101. The molecule has 0 saturated heterocycles. The lowest BCUT2D eigenvalue weighted by molar-refractivity contribution is 0.0554. The topological polar surface area (TPSA) is 79.2 Å². The lowest BCUT2D eigenvalue weighted by Gasteiger charge is -2.39. The fourth-order valence-corrected chi connectivity index (χ4v) is 3.13. The van der Waals surface area contributed by atoms with Crippen LogP contribution in [0.25, 0.3) is 0 Å². The van der Waals surface area contributed by atoms with Crippen LogP contribution in [0, 0.1) is 5.92 Å². The van der Waals surface area contributed by atoms with Gasteiger partial charge in [0.05, 0.1) is 0 Å². The van der Waals surface area contributed by atoms with Gasteiger partial charge in [0.15, 0.2) is 0 Å². The number of H-pyrrole nitrogens is 1. The molecule has 1 amide bonds. The zero-order valence-electron chi connectivity index (χ0n) is 12.0. The van der Waals surface area contributed by atoms with Gasteiger partial charge in [-0.2, -0.15) is 0 Å². The number of nitrogens with zero attached hydrogens (tertiary/aromatic N) is 1. The first kappa shape index (κ1) is 14.8. The number of aromatic nitrogens is 1. The van der Waals surface area contributed by atoms with Gasteiger partial charge in [0.2, 0.25) is 5.56 Å². The van der Waals surface area contributed by atoms with Crippen LogP contribution in [0.3, 0.4) is 0 Å². The predicted molar refractivity (Wildman–Crippen MR) is 78.6 cm³/mol. The SMILES string of the molecule is CCN(C(=O)c1cccc(=O)[nH]1)C1CCCCC1CN. The quantitative estimate of drug-likeness (QED) is 0.872. The zero-order chi connectivity index (χ0) is 14.5. The third kappa shape index (κ3) is 3.10. The summed E-state index contributed by atoms with van der Waals surface area (Å²) in [5, 5.41) is 0. The second-order valence-electron chi connectivity index (χ2n) is 5.37. The maximum Gasteiger partial charge on any atom is 0.270 e. The molecule has 2 unspecified atom stereocenters. The summed E-state index contributed by atoms with van der Waals surface area (Å²) in [4.78, 5) is 28.4. The van der Waals surface area contributed by atoms with Crippen molar-refractivity contribution in [3.63, 3.8) is 0 Å². The summed E-state index contributed by atoms with van der Waals surface area (Å²) in [6, 6.07) is 4.87. The molecular formula is C15H23N3O2. The number of pyridine rings is 1. The molecule has 1 saturated carbocycles. The Morgan fingerprint density at radius 1 is 1.40 bits per heavy atom. The van der Waals surface area contributed by atoms with Gasteiger partial charge in [-0.3, -0.25) is 9.59 Å². The molecule has 0 radical (unpaired) electrons. The lowest BCUT2D eigenvalue weighted by Crippen LogP contribution is -2.48. The van der Waals surface area contributed by atoms with Crippen molar-refractivity contribution in [3.05, 3.63) is 34.2 Å². The summed E-state index contributed by atoms with van der Waals surface area (Å²) in [6.07, 6.45) is 4.40. The fraction of sp³-hybridized carbons (Fsp3) is 0.600. The molecule has 0 spiro atoms. The molecule has 20 heavy (non-hydrogen) atoms. The fourth-order valence-electron chi connectivity index (χ4n) is 3.13. The van der Waals surface area contributed by atoms with Crippen LogP contribution in [0.1, 0.15) is 43.1 Å². The van der Waals surface area contributed by atoms with Crippen molar-refractivity contribution in [3.8, 4) is 0 Å². The molecule has 1 aliphatic rings. The van der Waals surface area contributed by atoms with Gasteiger partial charge < -0.3 is 15.6 Å². The Morgan fingerprint density at radius 2 is 2.15 bits per heavy atom. The highest BCUT2D eigenvalue weighted by Crippen LogP contribution is 2.28. The molecular weight excluding hydrogens is 254 g/mol. The van der Waals surface area contributed by atoms with E-state index in [4.69, 9.17) is 5.73 Å². The number of nitrogens with one attached hydrogen (secondary N) is 1. The Kier molecular flexibility index (Phi) is 4.95. The van der Waals surface area contributed by atoms with Crippen molar-refractivity contribution >= 4 is 5.91 Å². The van der Waals surface area contributed by atoms with E-state index in [9.17, 15) is 9.59 Å². The summed E-state index contributed by atoms with van der Waals surface area (Å²) in [7, 11) is 0. The smallest absolute Gasteiger partial charge is 0.270 e. The van der Waals surface area contributed by atoms with E-state index in [1.807, 2.05) is 11.8 Å². The number of carbonyl (C=O) groups excluding carboxylic acids is 1. The standard InChI is InChI=1S/C15H23N3O2/c1-2-18(13-8-4-3-6-11(13)10-16)15(20)12-7-5-9-14(19)17-12/h5,7,9,11,13H,2-4,6,8,10,16H2,1H3,(H,17,19). The van der Waals surface area contributed by atoms with Gasteiger partial charge in [0.1, 0.15) is 5.69 Å². The lowest BCUT2D eigenvalue weighted by atomic mass is 9.83. The van der Waals surface area contributed by atoms with E-state index in [-0.39, 0.29) is 17.5 Å². The Morgan fingerprint density at radius 3 is 2.80 bits per heavy atom. The molecule has 1 aromatic heterocycles. The molecule has 0 aromatic carbocycles. The van der Waals surface area contributed by atoms with Gasteiger partial charge in [0, 0.05) is 18.7 Å². The number of carbonyl (C=O) groups is 1. The predicted octanol–water partition coefficient (Wildman–Crippen LogP) is 1.35. The van der Waals surface area contributed by atoms with Crippen LogP contribution in [0.5, 0.6) is 0 Å². The zero-order valence-corrected chi connectivity index (χ0v) is 12.0.